The van der Waals surface area contributed by atoms with Crippen molar-refractivity contribution < 1.29 is 9.53 Å². The normalized spacial score (nSPS) is 12.3. The Balaban J connectivity index is 3.08. The Hall–Kier alpha value is -1.31. The van der Waals surface area contributed by atoms with Crippen LogP contribution in [0.25, 0.3) is 0 Å². The van der Waals surface area contributed by atoms with E-state index < -0.39 is 0 Å². The smallest absolute Gasteiger partial charge is 0.136 e. The second-order valence-corrected chi connectivity index (χ2v) is 3.62. The van der Waals surface area contributed by atoms with Gasteiger partial charge in [0.05, 0.1) is 7.11 Å². The lowest BCUT2D eigenvalue weighted by atomic mass is 9.96. The van der Waals surface area contributed by atoms with Gasteiger partial charge in [-0.25, -0.2) is 0 Å². The van der Waals surface area contributed by atoms with Crippen LogP contribution in [-0.4, -0.2) is 12.9 Å². The summed E-state index contributed by atoms with van der Waals surface area (Å²) in [5, 5.41) is 0. The van der Waals surface area contributed by atoms with Crippen molar-refractivity contribution in [1.29, 1.82) is 0 Å². The van der Waals surface area contributed by atoms with E-state index >= 15 is 0 Å². The molecule has 0 unspecified atom stereocenters. The number of aryl methyl sites for hydroxylation is 1. The van der Waals surface area contributed by atoms with Gasteiger partial charge in [0.1, 0.15) is 11.5 Å². The van der Waals surface area contributed by atoms with Crippen molar-refractivity contribution in [1.82, 2.24) is 0 Å². The molecule has 0 radical (unpaired) electrons. The van der Waals surface area contributed by atoms with Gasteiger partial charge in [-0.3, -0.25) is 4.79 Å². The lowest BCUT2D eigenvalue weighted by Gasteiger charge is -2.11. The summed E-state index contributed by atoms with van der Waals surface area (Å²) in [6.45, 7) is 5.52. The molecule has 0 bridgehead atoms. The van der Waals surface area contributed by atoms with Crippen LogP contribution >= 0.6 is 0 Å². The lowest BCUT2D eigenvalue weighted by Crippen LogP contribution is -2.04. The molecule has 0 saturated heterocycles. The molecular formula is C12H16O2. The standard InChI is InChI=1S/C12H16O2/c1-8-5-11(9(2)10(3)13)7-12(6-8)14-4/h5-7,9H,1-4H3/t9-/m0/s1. The van der Waals surface area contributed by atoms with E-state index in [0.717, 1.165) is 16.9 Å². The quantitative estimate of drug-likeness (QED) is 0.736. The van der Waals surface area contributed by atoms with E-state index in [1.807, 2.05) is 32.0 Å². The van der Waals surface area contributed by atoms with Crippen molar-refractivity contribution in [3.8, 4) is 5.75 Å². The van der Waals surface area contributed by atoms with Gasteiger partial charge in [0.2, 0.25) is 0 Å². The Morgan fingerprint density at radius 2 is 2.00 bits per heavy atom. The van der Waals surface area contributed by atoms with E-state index in [0.29, 0.717) is 0 Å². The number of rotatable bonds is 3. The topological polar surface area (TPSA) is 26.3 Å². The monoisotopic (exact) mass is 192 g/mol. The number of Topliss-reactive ketones (excluding diaryl/α,β-unsaturated/α-hetero) is 1. The number of ketones is 1. The van der Waals surface area contributed by atoms with E-state index in [-0.39, 0.29) is 11.7 Å². The number of benzene rings is 1. The Morgan fingerprint density at radius 3 is 2.50 bits per heavy atom. The van der Waals surface area contributed by atoms with Crippen molar-refractivity contribution >= 4 is 5.78 Å². The molecule has 0 amide bonds. The molecule has 0 spiro atoms. The molecule has 2 nitrogen and oxygen atoms in total. The summed E-state index contributed by atoms with van der Waals surface area (Å²) >= 11 is 0. The zero-order valence-electron chi connectivity index (χ0n) is 9.13. The molecule has 1 atom stereocenters. The van der Waals surface area contributed by atoms with E-state index in [1.54, 1.807) is 14.0 Å². The molecule has 0 aliphatic rings. The molecular weight excluding hydrogens is 176 g/mol. The number of carbonyl (C=O) groups is 1. The first-order valence-electron chi connectivity index (χ1n) is 4.70. The maximum absolute atomic E-state index is 11.2. The van der Waals surface area contributed by atoms with Gasteiger partial charge in [0.25, 0.3) is 0 Å². The van der Waals surface area contributed by atoms with Crippen molar-refractivity contribution in [2.45, 2.75) is 26.7 Å². The molecule has 1 aromatic carbocycles. The highest BCUT2D eigenvalue weighted by Crippen LogP contribution is 2.23. The molecule has 1 aromatic rings. The van der Waals surface area contributed by atoms with E-state index in [1.165, 1.54) is 0 Å². The molecule has 0 heterocycles. The van der Waals surface area contributed by atoms with Crippen LogP contribution in [0.15, 0.2) is 18.2 Å². The summed E-state index contributed by atoms with van der Waals surface area (Å²) in [4.78, 5) is 11.2. The molecule has 76 valence electrons. The molecule has 0 saturated carbocycles. The molecule has 0 N–H and O–H groups in total. The van der Waals surface area contributed by atoms with Crippen LogP contribution in [0.4, 0.5) is 0 Å². The Labute approximate surface area is 84.9 Å². The van der Waals surface area contributed by atoms with Gasteiger partial charge in [-0.1, -0.05) is 13.0 Å². The number of ether oxygens (including phenoxy) is 1. The van der Waals surface area contributed by atoms with Crippen molar-refractivity contribution in [2.24, 2.45) is 0 Å². The Kier molecular flexibility index (Phi) is 3.28. The fraction of sp³-hybridized carbons (Fsp3) is 0.417. The summed E-state index contributed by atoms with van der Waals surface area (Å²) < 4.78 is 5.15. The zero-order chi connectivity index (χ0) is 10.7. The number of hydrogen-bond donors (Lipinski definition) is 0. The van der Waals surface area contributed by atoms with Gasteiger partial charge < -0.3 is 4.74 Å². The minimum Gasteiger partial charge on any atom is -0.497 e. The fourth-order valence-electron chi connectivity index (χ4n) is 1.38. The second kappa shape index (κ2) is 4.27. The van der Waals surface area contributed by atoms with Crippen LogP contribution in [0.1, 0.15) is 30.9 Å². The average molecular weight is 192 g/mol. The number of methoxy groups -OCH3 is 1. The first kappa shape index (κ1) is 10.8. The number of carbonyl (C=O) groups excluding carboxylic acids is 1. The van der Waals surface area contributed by atoms with Crippen LogP contribution in [-0.2, 0) is 4.79 Å². The molecule has 0 aliphatic heterocycles. The maximum Gasteiger partial charge on any atom is 0.136 e. The SMILES string of the molecule is COc1cc(C)cc([C@@H](C)C(C)=O)c1. The molecule has 1 rings (SSSR count). The van der Waals surface area contributed by atoms with E-state index in [9.17, 15) is 4.79 Å². The average Bonchev–Trinajstić information content (AvgIpc) is 2.15. The predicted octanol–water partition coefficient (Wildman–Crippen LogP) is 2.70. The van der Waals surface area contributed by atoms with Crippen LogP contribution in [0.2, 0.25) is 0 Å². The van der Waals surface area contributed by atoms with Crippen LogP contribution in [0.3, 0.4) is 0 Å². The minimum absolute atomic E-state index is 0.0520. The zero-order valence-corrected chi connectivity index (χ0v) is 9.13. The second-order valence-electron chi connectivity index (χ2n) is 3.62. The van der Waals surface area contributed by atoms with Gasteiger partial charge in [-0.2, -0.15) is 0 Å². The third-order valence-electron chi connectivity index (χ3n) is 2.42. The van der Waals surface area contributed by atoms with Gasteiger partial charge in [-0.05, 0) is 37.1 Å². The molecule has 0 aromatic heterocycles. The lowest BCUT2D eigenvalue weighted by molar-refractivity contribution is -0.118. The summed E-state index contributed by atoms with van der Waals surface area (Å²) in [6.07, 6.45) is 0. The highest BCUT2D eigenvalue weighted by atomic mass is 16.5. The first-order chi connectivity index (χ1) is 6.54. The molecule has 2 heteroatoms. The Bertz CT molecular complexity index is 342. The predicted molar refractivity (Wildman–Crippen MR) is 56.8 cm³/mol. The van der Waals surface area contributed by atoms with Gasteiger partial charge in [0, 0.05) is 5.92 Å². The summed E-state index contributed by atoms with van der Waals surface area (Å²) in [5.74, 6) is 0.939. The molecule has 0 fully saturated rings. The fourth-order valence-corrected chi connectivity index (χ4v) is 1.38. The molecule has 14 heavy (non-hydrogen) atoms. The largest absolute Gasteiger partial charge is 0.497 e. The van der Waals surface area contributed by atoms with Crippen LogP contribution < -0.4 is 4.74 Å². The highest BCUT2D eigenvalue weighted by Gasteiger charge is 2.11. The summed E-state index contributed by atoms with van der Waals surface area (Å²) in [6, 6.07) is 5.89. The van der Waals surface area contributed by atoms with Crippen molar-refractivity contribution in [3.63, 3.8) is 0 Å². The summed E-state index contributed by atoms with van der Waals surface area (Å²) in [7, 11) is 1.64. The Morgan fingerprint density at radius 1 is 1.36 bits per heavy atom. The summed E-state index contributed by atoms with van der Waals surface area (Å²) in [5.41, 5.74) is 2.14. The van der Waals surface area contributed by atoms with Crippen LogP contribution in [0, 0.1) is 6.92 Å². The van der Waals surface area contributed by atoms with Gasteiger partial charge in [-0.15, -0.1) is 0 Å². The first-order valence-corrected chi connectivity index (χ1v) is 4.70. The molecule has 0 aliphatic carbocycles. The van der Waals surface area contributed by atoms with Gasteiger partial charge in [0.15, 0.2) is 0 Å². The number of hydrogen-bond acceptors (Lipinski definition) is 2. The van der Waals surface area contributed by atoms with Crippen LogP contribution in [0.5, 0.6) is 5.75 Å². The maximum atomic E-state index is 11.2. The van der Waals surface area contributed by atoms with E-state index in [2.05, 4.69) is 0 Å². The van der Waals surface area contributed by atoms with Crippen molar-refractivity contribution in [3.05, 3.63) is 29.3 Å². The van der Waals surface area contributed by atoms with Crippen molar-refractivity contribution in [2.75, 3.05) is 7.11 Å². The minimum atomic E-state index is -0.0520. The third kappa shape index (κ3) is 2.34. The third-order valence-corrected chi connectivity index (χ3v) is 2.42. The van der Waals surface area contributed by atoms with E-state index in [4.69, 9.17) is 4.74 Å². The highest BCUT2D eigenvalue weighted by molar-refractivity contribution is 5.83. The van der Waals surface area contributed by atoms with Gasteiger partial charge >= 0.3 is 0 Å².